The number of hydrogen-bond donors (Lipinski definition) is 1. The number of urea groups is 1. The van der Waals surface area contributed by atoms with Crippen LogP contribution in [0.1, 0.15) is 46.5 Å². The van der Waals surface area contributed by atoms with Crippen molar-refractivity contribution >= 4 is 17.8 Å². The summed E-state index contributed by atoms with van der Waals surface area (Å²) in [5, 5.41) is 2.87. The van der Waals surface area contributed by atoms with Crippen molar-refractivity contribution in [3.05, 3.63) is 12.2 Å². The summed E-state index contributed by atoms with van der Waals surface area (Å²) in [6.45, 7) is 10.3. The summed E-state index contributed by atoms with van der Waals surface area (Å²) in [6, 6.07) is -0.441. The van der Waals surface area contributed by atoms with E-state index in [4.69, 9.17) is 0 Å². The van der Waals surface area contributed by atoms with Gasteiger partial charge in [0.05, 0.1) is 0 Å². The number of likely N-dealkylation sites (N-methyl/N-ethyl adjacent to an activating group) is 1. The molecule has 4 amide bonds. The maximum Gasteiger partial charge on any atom is 0.325 e. The van der Waals surface area contributed by atoms with E-state index in [0.717, 1.165) is 29.7 Å². The van der Waals surface area contributed by atoms with E-state index in [-0.39, 0.29) is 24.3 Å². The number of amides is 4. The van der Waals surface area contributed by atoms with Gasteiger partial charge in [-0.2, -0.15) is 0 Å². The van der Waals surface area contributed by atoms with Crippen molar-refractivity contribution in [3.63, 3.8) is 0 Å². The molecule has 1 saturated heterocycles. The monoisotopic (exact) mass is 321 g/mol. The highest BCUT2D eigenvalue weighted by atomic mass is 16.2. The van der Waals surface area contributed by atoms with E-state index >= 15 is 0 Å². The quantitative estimate of drug-likeness (QED) is 0.621. The van der Waals surface area contributed by atoms with Gasteiger partial charge in [-0.3, -0.25) is 14.5 Å². The SMILES string of the molecule is C=C(C)CN(CC)C(=O)CN1C(=O)N[C@@]2(CCCC[C@H]2C)C1=O. The third kappa shape index (κ3) is 3.26. The van der Waals surface area contributed by atoms with Gasteiger partial charge in [0.15, 0.2) is 0 Å². The van der Waals surface area contributed by atoms with E-state index < -0.39 is 11.6 Å². The van der Waals surface area contributed by atoms with Gasteiger partial charge in [0, 0.05) is 13.1 Å². The Hall–Kier alpha value is -1.85. The van der Waals surface area contributed by atoms with Crippen molar-refractivity contribution in [1.82, 2.24) is 15.1 Å². The molecule has 6 nitrogen and oxygen atoms in total. The summed E-state index contributed by atoms with van der Waals surface area (Å²) in [5.74, 6) is -0.362. The van der Waals surface area contributed by atoms with Crippen molar-refractivity contribution in [1.29, 1.82) is 0 Å². The molecule has 1 spiro atoms. The van der Waals surface area contributed by atoms with Gasteiger partial charge in [0.25, 0.3) is 5.91 Å². The minimum Gasteiger partial charge on any atom is -0.337 e. The van der Waals surface area contributed by atoms with E-state index in [0.29, 0.717) is 19.5 Å². The molecule has 23 heavy (non-hydrogen) atoms. The molecule has 0 aromatic rings. The van der Waals surface area contributed by atoms with Gasteiger partial charge >= 0.3 is 6.03 Å². The standard InChI is InChI=1S/C17H27N3O3/c1-5-19(10-12(2)3)14(21)11-20-15(22)17(18-16(20)23)9-7-6-8-13(17)4/h13H,2,5-11H2,1,3-4H3,(H,18,23)/t13-,17-/m1/s1. The molecule has 2 aliphatic rings. The van der Waals surface area contributed by atoms with Gasteiger partial charge < -0.3 is 10.2 Å². The molecule has 2 rings (SSSR count). The Morgan fingerprint density at radius 2 is 2.13 bits per heavy atom. The van der Waals surface area contributed by atoms with Gasteiger partial charge in [-0.25, -0.2) is 4.79 Å². The average molecular weight is 321 g/mol. The lowest BCUT2D eigenvalue weighted by Gasteiger charge is -2.36. The fourth-order valence-electron chi connectivity index (χ4n) is 3.58. The molecule has 0 bridgehead atoms. The van der Waals surface area contributed by atoms with Gasteiger partial charge in [0.2, 0.25) is 5.91 Å². The Kier molecular flexibility index (Phi) is 5.12. The highest BCUT2D eigenvalue weighted by molar-refractivity contribution is 6.09. The van der Waals surface area contributed by atoms with Crippen molar-refractivity contribution in [2.45, 2.75) is 52.0 Å². The molecule has 1 aliphatic heterocycles. The zero-order valence-corrected chi connectivity index (χ0v) is 14.4. The molecular weight excluding hydrogens is 294 g/mol. The Balaban J connectivity index is 2.11. The highest BCUT2D eigenvalue weighted by Gasteiger charge is 2.55. The van der Waals surface area contributed by atoms with Crippen LogP contribution in [0.3, 0.4) is 0 Å². The van der Waals surface area contributed by atoms with E-state index in [2.05, 4.69) is 11.9 Å². The fourth-order valence-corrected chi connectivity index (χ4v) is 3.58. The predicted octanol–water partition coefficient (Wildman–Crippen LogP) is 1.91. The first-order valence-corrected chi connectivity index (χ1v) is 8.38. The lowest BCUT2D eigenvalue weighted by atomic mass is 9.73. The number of rotatable bonds is 5. The number of carbonyl (C=O) groups is 3. The van der Waals surface area contributed by atoms with Crippen LogP contribution in [0.5, 0.6) is 0 Å². The average Bonchev–Trinajstić information content (AvgIpc) is 2.73. The summed E-state index contributed by atoms with van der Waals surface area (Å²) in [6.07, 6.45) is 3.58. The molecule has 0 aromatic carbocycles. The second kappa shape index (κ2) is 6.72. The van der Waals surface area contributed by atoms with Crippen LogP contribution in [0.25, 0.3) is 0 Å². The molecule has 0 radical (unpaired) electrons. The minimum atomic E-state index is -0.805. The summed E-state index contributed by atoms with van der Waals surface area (Å²) in [5.41, 5.74) is 0.0656. The second-order valence-electron chi connectivity index (χ2n) is 6.80. The Labute approximate surface area is 137 Å². The number of imide groups is 1. The van der Waals surface area contributed by atoms with E-state index in [1.165, 1.54) is 0 Å². The second-order valence-corrected chi connectivity index (χ2v) is 6.80. The summed E-state index contributed by atoms with van der Waals surface area (Å²) < 4.78 is 0. The number of nitrogens with zero attached hydrogens (tertiary/aromatic N) is 2. The Morgan fingerprint density at radius 1 is 1.43 bits per heavy atom. The number of nitrogens with one attached hydrogen (secondary N) is 1. The molecule has 1 heterocycles. The smallest absolute Gasteiger partial charge is 0.325 e. The lowest BCUT2D eigenvalue weighted by molar-refractivity contribution is -0.140. The van der Waals surface area contributed by atoms with Gasteiger partial charge in [-0.1, -0.05) is 31.9 Å². The van der Waals surface area contributed by atoms with Crippen molar-refractivity contribution in [2.24, 2.45) is 5.92 Å². The van der Waals surface area contributed by atoms with E-state index in [1.807, 2.05) is 20.8 Å². The highest BCUT2D eigenvalue weighted by Crippen LogP contribution is 2.38. The number of carbonyl (C=O) groups excluding carboxylic acids is 3. The Bertz CT molecular complexity index is 531. The Morgan fingerprint density at radius 3 is 2.70 bits per heavy atom. The zero-order chi connectivity index (χ0) is 17.2. The molecule has 0 aromatic heterocycles. The van der Waals surface area contributed by atoms with Crippen molar-refractivity contribution in [3.8, 4) is 0 Å². The van der Waals surface area contributed by atoms with Crippen LogP contribution in [0.2, 0.25) is 0 Å². The topological polar surface area (TPSA) is 69.7 Å². The summed E-state index contributed by atoms with van der Waals surface area (Å²) in [4.78, 5) is 40.2. The molecule has 2 fully saturated rings. The first-order valence-electron chi connectivity index (χ1n) is 8.38. The summed E-state index contributed by atoms with van der Waals surface area (Å²) >= 11 is 0. The van der Waals surface area contributed by atoms with E-state index in [1.54, 1.807) is 4.90 Å². The van der Waals surface area contributed by atoms with Crippen LogP contribution in [0.15, 0.2) is 12.2 Å². The predicted molar refractivity (Wildman–Crippen MR) is 87.7 cm³/mol. The maximum atomic E-state index is 12.8. The van der Waals surface area contributed by atoms with Crippen LogP contribution < -0.4 is 5.32 Å². The molecule has 1 aliphatic carbocycles. The normalized spacial score (nSPS) is 27.3. The molecular formula is C17H27N3O3. The van der Waals surface area contributed by atoms with Crippen LogP contribution in [-0.2, 0) is 9.59 Å². The van der Waals surface area contributed by atoms with Gasteiger partial charge in [0.1, 0.15) is 12.1 Å². The van der Waals surface area contributed by atoms with Gasteiger partial charge in [-0.05, 0) is 32.6 Å². The molecule has 2 atom stereocenters. The molecule has 1 saturated carbocycles. The molecule has 1 N–H and O–H groups in total. The third-order valence-corrected chi connectivity index (χ3v) is 4.99. The number of hydrogen-bond acceptors (Lipinski definition) is 3. The van der Waals surface area contributed by atoms with Crippen LogP contribution in [0, 0.1) is 5.92 Å². The molecule has 128 valence electrons. The van der Waals surface area contributed by atoms with Crippen LogP contribution in [-0.4, -0.2) is 52.8 Å². The fraction of sp³-hybridized carbons (Fsp3) is 0.706. The lowest BCUT2D eigenvalue weighted by Crippen LogP contribution is -2.54. The first-order chi connectivity index (χ1) is 10.8. The van der Waals surface area contributed by atoms with Crippen LogP contribution in [0.4, 0.5) is 4.79 Å². The van der Waals surface area contributed by atoms with Crippen molar-refractivity contribution in [2.75, 3.05) is 19.6 Å². The van der Waals surface area contributed by atoms with Gasteiger partial charge in [-0.15, -0.1) is 0 Å². The minimum absolute atomic E-state index is 0.102. The van der Waals surface area contributed by atoms with Crippen LogP contribution >= 0.6 is 0 Å². The van der Waals surface area contributed by atoms with Crippen molar-refractivity contribution < 1.29 is 14.4 Å². The first kappa shape index (κ1) is 17.5. The third-order valence-electron chi connectivity index (χ3n) is 4.99. The largest absolute Gasteiger partial charge is 0.337 e. The molecule has 0 unspecified atom stereocenters. The summed E-state index contributed by atoms with van der Waals surface area (Å²) in [7, 11) is 0. The molecule has 6 heteroatoms. The maximum absolute atomic E-state index is 12.8. The van der Waals surface area contributed by atoms with E-state index in [9.17, 15) is 14.4 Å². The zero-order valence-electron chi connectivity index (χ0n) is 14.4.